The van der Waals surface area contributed by atoms with Crippen LogP contribution < -0.4 is 10.1 Å². The average molecular weight is 321 g/mol. The molecule has 1 heterocycles. The highest BCUT2D eigenvalue weighted by atomic mass is 79.9. The van der Waals surface area contributed by atoms with Gasteiger partial charge in [-0.05, 0) is 46.6 Å². The van der Waals surface area contributed by atoms with E-state index in [1.54, 1.807) is 6.20 Å². The summed E-state index contributed by atoms with van der Waals surface area (Å²) in [5, 5.41) is 3.34. The lowest BCUT2D eigenvalue weighted by atomic mass is 10.3. The van der Waals surface area contributed by atoms with Gasteiger partial charge in [-0.1, -0.05) is 13.0 Å². The number of pyridine rings is 1. The van der Waals surface area contributed by atoms with Crippen molar-refractivity contribution in [1.29, 1.82) is 0 Å². The highest BCUT2D eigenvalue weighted by Crippen LogP contribution is 2.18. The van der Waals surface area contributed by atoms with Gasteiger partial charge in [0, 0.05) is 22.4 Å². The summed E-state index contributed by atoms with van der Waals surface area (Å²) < 4.78 is 6.59. The summed E-state index contributed by atoms with van der Waals surface area (Å²) in [4.78, 5) is 4.32. The first-order valence-electron chi connectivity index (χ1n) is 6.35. The van der Waals surface area contributed by atoms with Crippen LogP contribution in [0, 0.1) is 0 Å². The Morgan fingerprint density at radius 2 is 2.16 bits per heavy atom. The molecule has 0 saturated carbocycles. The molecule has 0 bridgehead atoms. The monoisotopic (exact) mass is 320 g/mol. The van der Waals surface area contributed by atoms with Gasteiger partial charge >= 0.3 is 0 Å². The van der Waals surface area contributed by atoms with Crippen LogP contribution in [-0.2, 0) is 6.54 Å². The van der Waals surface area contributed by atoms with Gasteiger partial charge < -0.3 is 10.1 Å². The Morgan fingerprint density at radius 3 is 2.89 bits per heavy atom. The van der Waals surface area contributed by atoms with Crippen LogP contribution >= 0.6 is 15.9 Å². The van der Waals surface area contributed by atoms with Gasteiger partial charge in [0.25, 0.3) is 0 Å². The molecule has 1 N–H and O–H groups in total. The maximum absolute atomic E-state index is 5.60. The second-order valence-corrected chi connectivity index (χ2v) is 5.11. The summed E-state index contributed by atoms with van der Waals surface area (Å²) in [7, 11) is 0. The van der Waals surface area contributed by atoms with Crippen LogP contribution in [0.1, 0.15) is 19.0 Å². The minimum atomic E-state index is 0.699. The van der Waals surface area contributed by atoms with Gasteiger partial charge in [-0.25, -0.2) is 0 Å². The Kier molecular flexibility index (Phi) is 5.21. The summed E-state index contributed by atoms with van der Waals surface area (Å²) in [6, 6.07) is 12.0. The highest BCUT2D eigenvalue weighted by Gasteiger charge is 1.98. The number of hydrogen-bond acceptors (Lipinski definition) is 3. The van der Waals surface area contributed by atoms with Crippen LogP contribution in [0.25, 0.3) is 0 Å². The lowest BCUT2D eigenvalue weighted by Crippen LogP contribution is -2.02. The molecule has 0 spiro atoms. The van der Waals surface area contributed by atoms with E-state index in [2.05, 4.69) is 33.2 Å². The Morgan fingerprint density at radius 1 is 1.26 bits per heavy atom. The number of anilines is 1. The van der Waals surface area contributed by atoms with Crippen LogP contribution in [0.3, 0.4) is 0 Å². The van der Waals surface area contributed by atoms with E-state index in [0.29, 0.717) is 6.54 Å². The van der Waals surface area contributed by atoms with Gasteiger partial charge in [-0.2, -0.15) is 0 Å². The lowest BCUT2D eigenvalue weighted by molar-refractivity contribution is 0.317. The van der Waals surface area contributed by atoms with E-state index >= 15 is 0 Å². The van der Waals surface area contributed by atoms with E-state index in [1.807, 2.05) is 36.4 Å². The molecular weight excluding hydrogens is 304 g/mol. The molecule has 1 aromatic carbocycles. The van der Waals surface area contributed by atoms with Gasteiger partial charge in [-0.15, -0.1) is 0 Å². The summed E-state index contributed by atoms with van der Waals surface area (Å²) in [5.74, 6) is 0.899. The smallest absolute Gasteiger partial charge is 0.121 e. The predicted octanol–water partition coefficient (Wildman–Crippen LogP) is 4.25. The minimum Gasteiger partial charge on any atom is -0.494 e. The number of benzene rings is 1. The molecule has 0 aliphatic heterocycles. The number of ether oxygens (including phenoxy) is 1. The fourth-order valence-electron chi connectivity index (χ4n) is 1.62. The summed E-state index contributed by atoms with van der Waals surface area (Å²) in [6.07, 6.45) is 2.82. The summed E-state index contributed by atoms with van der Waals surface area (Å²) in [5.41, 5.74) is 2.04. The molecule has 0 radical (unpaired) electrons. The Hall–Kier alpha value is -1.55. The third kappa shape index (κ3) is 4.56. The molecule has 0 aliphatic carbocycles. The summed E-state index contributed by atoms with van der Waals surface area (Å²) in [6.45, 7) is 3.55. The second kappa shape index (κ2) is 7.14. The van der Waals surface area contributed by atoms with Crippen molar-refractivity contribution in [2.75, 3.05) is 11.9 Å². The normalized spacial score (nSPS) is 10.2. The molecule has 4 heteroatoms. The van der Waals surface area contributed by atoms with Crippen molar-refractivity contribution in [3.05, 3.63) is 52.8 Å². The molecule has 3 nitrogen and oxygen atoms in total. The Labute approximate surface area is 122 Å². The van der Waals surface area contributed by atoms with Crippen LogP contribution in [0.2, 0.25) is 0 Å². The summed E-state index contributed by atoms with van der Waals surface area (Å²) >= 11 is 3.38. The van der Waals surface area contributed by atoms with Crippen molar-refractivity contribution >= 4 is 21.6 Å². The molecule has 0 aliphatic rings. The largest absolute Gasteiger partial charge is 0.494 e. The molecule has 1 aromatic heterocycles. The standard InChI is InChI=1S/C15H17BrN2O/c1-2-8-19-15-5-3-4-13(9-15)18-11-14-7-6-12(16)10-17-14/h3-7,9-10,18H,2,8,11H2,1H3. The van der Waals surface area contributed by atoms with Crippen molar-refractivity contribution in [3.63, 3.8) is 0 Å². The molecule has 0 amide bonds. The van der Waals surface area contributed by atoms with Crippen molar-refractivity contribution in [1.82, 2.24) is 4.98 Å². The van der Waals surface area contributed by atoms with E-state index in [-0.39, 0.29) is 0 Å². The Balaban J connectivity index is 1.93. The predicted molar refractivity (Wildman–Crippen MR) is 81.5 cm³/mol. The molecule has 0 unspecified atom stereocenters. The van der Waals surface area contributed by atoms with Gasteiger partial charge in [-0.3, -0.25) is 4.98 Å². The van der Waals surface area contributed by atoms with Crippen molar-refractivity contribution < 1.29 is 4.74 Å². The average Bonchev–Trinajstić information content (AvgIpc) is 2.45. The topological polar surface area (TPSA) is 34.1 Å². The van der Waals surface area contributed by atoms with Crippen molar-refractivity contribution in [3.8, 4) is 5.75 Å². The number of aromatic nitrogens is 1. The first-order valence-corrected chi connectivity index (χ1v) is 7.14. The number of nitrogens with one attached hydrogen (secondary N) is 1. The van der Waals surface area contributed by atoms with Crippen molar-refractivity contribution in [2.24, 2.45) is 0 Å². The molecule has 2 rings (SSSR count). The van der Waals surface area contributed by atoms with Crippen LogP contribution in [0.15, 0.2) is 47.1 Å². The zero-order chi connectivity index (χ0) is 13.5. The third-order valence-corrected chi connectivity index (χ3v) is 3.04. The number of halogens is 1. The Bertz CT molecular complexity index is 514. The number of nitrogens with zero attached hydrogens (tertiary/aromatic N) is 1. The molecule has 2 aromatic rings. The number of hydrogen-bond donors (Lipinski definition) is 1. The lowest BCUT2D eigenvalue weighted by Gasteiger charge is -2.09. The molecule has 0 fully saturated rings. The molecule has 0 atom stereocenters. The van der Waals surface area contributed by atoms with Crippen molar-refractivity contribution in [2.45, 2.75) is 19.9 Å². The first-order chi connectivity index (χ1) is 9.28. The first kappa shape index (κ1) is 13.9. The molecular formula is C15H17BrN2O. The zero-order valence-electron chi connectivity index (χ0n) is 10.9. The maximum Gasteiger partial charge on any atom is 0.121 e. The van der Waals surface area contributed by atoms with E-state index in [1.165, 1.54) is 0 Å². The fraction of sp³-hybridized carbons (Fsp3) is 0.267. The minimum absolute atomic E-state index is 0.699. The van der Waals surface area contributed by atoms with Gasteiger partial charge in [0.05, 0.1) is 18.8 Å². The number of rotatable bonds is 6. The second-order valence-electron chi connectivity index (χ2n) is 4.20. The quantitative estimate of drug-likeness (QED) is 0.864. The van der Waals surface area contributed by atoms with Gasteiger partial charge in [0.1, 0.15) is 5.75 Å². The van der Waals surface area contributed by atoms with Crippen LogP contribution in [-0.4, -0.2) is 11.6 Å². The van der Waals surface area contributed by atoms with Gasteiger partial charge in [0.2, 0.25) is 0 Å². The molecule has 100 valence electrons. The van der Waals surface area contributed by atoms with E-state index in [4.69, 9.17) is 4.74 Å². The highest BCUT2D eigenvalue weighted by molar-refractivity contribution is 9.10. The zero-order valence-corrected chi connectivity index (χ0v) is 12.5. The van der Waals surface area contributed by atoms with Crippen LogP contribution in [0.4, 0.5) is 5.69 Å². The van der Waals surface area contributed by atoms with Gasteiger partial charge in [0.15, 0.2) is 0 Å². The van der Waals surface area contributed by atoms with E-state index in [9.17, 15) is 0 Å². The maximum atomic E-state index is 5.60. The third-order valence-electron chi connectivity index (χ3n) is 2.57. The van der Waals surface area contributed by atoms with E-state index < -0.39 is 0 Å². The SMILES string of the molecule is CCCOc1cccc(NCc2ccc(Br)cn2)c1. The molecule has 0 saturated heterocycles. The van der Waals surface area contributed by atoms with E-state index in [0.717, 1.165) is 34.6 Å². The van der Waals surface area contributed by atoms with Crippen LogP contribution in [0.5, 0.6) is 5.75 Å². The fourth-order valence-corrected chi connectivity index (χ4v) is 1.85. The molecule has 19 heavy (non-hydrogen) atoms.